The highest BCUT2D eigenvalue weighted by Crippen LogP contribution is 2.44. The number of halogens is 3. The molecule has 1 saturated carbocycles. The summed E-state index contributed by atoms with van der Waals surface area (Å²) in [6, 6.07) is 0.797. The van der Waals surface area contributed by atoms with E-state index in [-0.39, 0.29) is 31.2 Å². The van der Waals surface area contributed by atoms with E-state index in [0.29, 0.717) is 0 Å². The van der Waals surface area contributed by atoms with Crippen molar-refractivity contribution >= 4 is 5.97 Å². The van der Waals surface area contributed by atoms with Crippen molar-refractivity contribution in [2.75, 3.05) is 0 Å². The fourth-order valence-electron chi connectivity index (χ4n) is 2.72. The lowest BCUT2D eigenvalue weighted by molar-refractivity contribution is -0.148. The minimum atomic E-state index is -4.63. The Hall–Kier alpha value is -1.63. The maximum absolute atomic E-state index is 13.0. The molecule has 0 spiro atoms. The van der Waals surface area contributed by atoms with Crippen molar-refractivity contribution < 1.29 is 28.2 Å². The SMILES string of the molecule is O=C(O)C1(c2cnccc2C(F)(F)F)CCC(O)CC1. The molecular formula is C13H14F3NO3. The summed E-state index contributed by atoms with van der Waals surface area (Å²) in [6.45, 7) is 0. The lowest BCUT2D eigenvalue weighted by Crippen LogP contribution is -2.42. The summed E-state index contributed by atoms with van der Waals surface area (Å²) in [6.07, 6.45) is -3.04. The maximum atomic E-state index is 13.0. The second kappa shape index (κ2) is 5.05. The van der Waals surface area contributed by atoms with Gasteiger partial charge in [-0.1, -0.05) is 0 Å². The molecule has 1 fully saturated rings. The standard InChI is InChI=1S/C13H14F3NO3/c14-13(15,16)9-3-6-17-7-10(9)12(11(19)20)4-1-8(18)2-5-12/h3,6-8,18H,1-2,4-5H2,(H,19,20). The van der Waals surface area contributed by atoms with Crippen LogP contribution in [0.25, 0.3) is 0 Å². The van der Waals surface area contributed by atoms with Gasteiger partial charge in [0, 0.05) is 12.4 Å². The first-order chi connectivity index (χ1) is 9.27. The van der Waals surface area contributed by atoms with Gasteiger partial charge < -0.3 is 10.2 Å². The number of aliphatic hydroxyl groups excluding tert-OH is 1. The number of rotatable bonds is 2. The van der Waals surface area contributed by atoms with Crippen LogP contribution in [0.2, 0.25) is 0 Å². The molecule has 0 amide bonds. The van der Waals surface area contributed by atoms with Gasteiger partial charge >= 0.3 is 12.1 Å². The van der Waals surface area contributed by atoms with E-state index in [4.69, 9.17) is 0 Å². The van der Waals surface area contributed by atoms with Crippen LogP contribution in [-0.2, 0) is 16.4 Å². The van der Waals surface area contributed by atoms with E-state index in [2.05, 4.69) is 4.98 Å². The third kappa shape index (κ3) is 2.49. The lowest BCUT2D eigenvalue weighted by atomic mass is 9.68. The van der Waals surface area contributed by atoms with Crippen LogP contribution in [0, 0.1) is 0 Å². The highest BCUT2D eigenvalue weighted by atomic mass is 19.4. The Bertz CT molecular complexity index is 508. The summed E-state index contributed by atoms with van der Waals surface area (Å²) >= 11 is 0. The molecule has 2 N–H and O–H groups in total. The largest absolute Gasteiger partial charge is 0.481 e. The Morgan fingerprint density at radius 2 is 1.95 bits per heavy atom. The van der Waals surface area contributed by atoms with Crippen molar-refractivity contribution in [3.63, 3.8) is 0 Å². The molecule has 0 atom stereocenters. The van der Waals surface area contributed by atoms with Crippen LogP contribution in [0.4, 0.5) is 13.2 Å². The normalized spacial score (nSPS) is 27.3. The zero-order valence-electron chi connectivity index (χ0n) is 10.5. The second-order valence-corrected chi connectivity index (χ2v) is 5.04. The predicted octanol–water partition coefficient (Wildman–Crippen LogP) is 2.36. The van der Waals surface area contributed by atoms with Crippen LogP contribution in [0.5, 0.6) is 0 Å². The van der Waals surface area contributed by atoms with Gasteiger partial charge in [-0.3, -0.25) is 9.78 Å². The first-order valence-corrected chi connectivity index (χ1v) is 6.20. The Morgan fingerprint density at radius 1 is 1.35 bits per heavy atom. The quantitative estimate of drug-likeness (QED) is 0.876. The molecule has 0 bridgehead atoms. The van der Waals surface area contributed by atoms with Crippen LogP contribution in [0.3, 0.4) is 0 Å². The Morgan fingerprint density at radius 3 is 2.45 bits per heavy atom. The Labute approximate surface area is 113 Å². The summed E-state index contributed by atoms with van der Waals surface area (Å²) in [5, 5.41) is 18.9. The van der Waals surface area contributed by atoms with Crippen molar-refractivity contribution in [1.82, 2.24) is 4.98 Å². The number of carbonyl (C=O) groups is 1. The van der Waals surface area contributed by atoms with Gasteiger partial charge in [-0.2, -0.15) is 13.2 Å². The molecule has 4 nitrogen and oxygen atoms in total. The summed E-state index contributed by atoms with van der Waals surface area (Å²) in [5.74, 6) is -1.30. The molecule has 1 heterocycles. The third-order valence-electron chi connectivity index (χ3n) is 3.86. The van der Waals surface area contributed by atoms with E-state index >= 15 is 0 Å². The zero-order chi connectivity index (χ0) is 15.0. The van der Waals surface area contributed by atoms with Gasteiger partial charge in [0.2, 0.25) is 0 Å². The molecular weight excluding hydrogens is 275 g/mol. The average molecular weight is 289 g/mol. The summed E-state index contributed by atoms with van der Waals surface area (Å²) < 4.78 is 39.1. The number of carboxylic acid groups (broad SMARTS) is 1. The number of carboxylic acids is 1. The van der Waals surface area contributed by atoms with Crippen LogP contribution in [0.15, 0.2) is 18.5 Å². The second-order valence-electron chi connectivity index (χ2n) is 5.04. The number of alkyl halides is 3. The molecule has 1 aliphatic carbocycles. The van der Waals surface area contributed by atoms with E-state index < -0.39 is 29.2 Å². The monoisotopic (exact) mass is 289 g/mol. The molecule has 1 aromatic rings. The van der Waals surface area contributed by atoms with Crippen molar-refractivity contribution in [3.05, 3.63) is 29.6 Å². The first kappa shape index (κ1) is 14.8. The van der Waals surface area contributed by atoms with E-state index in [1.165, 1.54) is 0 Å². The summed E-state index contributed by atoms with van der Waals surface area (Å²) in [4.78, 5) is 15.2. The van der Waals surface area contributed by atoms with Crippen molar-refractivity contribution in [2.24, 2.45) is 0 Å². The van der Waals surface area contributed by atoms with Gasteiger partial charge in [-0.25, -0.2) is 0 Å². The van der Waals surface area contributed by atoms with Gasteiger partial charge in [0.25, 0.3) is 0 Å². The van der Waals surface area contributed by atoms with Crippen LogP contribution < -0.4 is 0 Å². The fraction of sp³-hybridized carbons (Fsp3) is 0.538. The molecule has 1 aromatic heterocycles. The molecule has 1 aliphatic rings. The van der Waals surface area contributed by atoms with Crippen molar-refractivity contribution in [3.8, 4) is 0 Å². The third-order valence-corrected chi connectivity index (χ3v) is 3.86. The summed E-state index contributed by atoms with van der Waals surface area (Å²) in [7, 11) is 0. The lowest BCUT2D eigenvalue weighted by Gasteiger charge is -2.36. The van der Waals surface area contributed by atoms with Crippen LogP contribution in [0.1, 0.15) is 36.8 Å². The fourth-order valence-corrected chi connectivity index (χ4v) is 2.72. The summed E-state index contributed by atoms with van der Waals surface area (Å²) in [5.41, 5.74) is -2.91. The van der Waals surface area contributed by atoms with Gasteiger partial charge in [-0.05, 0) is 37.3 Å². The number of pyridine rings is 1. The Balaban J connectivity index is 2.54. The van der Waals surface area contributed by atoms with Gasteiger partial charge in [-0.15, -0.1) is 0 Å². The van der Waals surface area contributed by atoms with E-state index in [1.807, 2.05) is 0 Å². The number of hydrogen-bond acceptors (Lipinski definition) is 3. The van der Waals surface area contributed by atoms with Gasteiger partial charge in [0.1, 0.15) is 0 Å². The van der Waals surface area contributed by atoms with Crippen molar-refractivity contribution in [1.29, 1.82) is 0 Å². The highest BCUT2D eigenvalue weighted by Gasteiger charge is 2.48. The highest BCUT2D eigenvalue weighted by molar-refractivity contribution is 5.82. The minimum Gasteiger partial charge on any atom is -0.481 e. The molecule has 110 valence electrons. The molecule has 0 aliphatic heterocycles. The zero-order valence-corrected chi connectivity index (χ0v) is 10.5. The number of aromatic nitrogens is 1. The number of nitrogens with zero attached hydrogens (tertiary/aromatic N) is 1. The molecule has 0 radical (unpaired) electrons. The van der Waals surface area contributed by atoms with Crippen molar-refractivity contribution in [2.45, 2.75) is 43.4 Å². The topological polar surface area (TPSA) is 70.4 Å². The maximum Gasteiger partial charge on any atom is 0.416 e. The first-order valence-electron chi connectivity index (χ1n) is 6.20. The molecule has 0 saturated heterocycles. The number of aliphatic hydroxyl groups is 1. The van der Waals surface area contributed by atoms with E-state index in [9.17, 15) is 28.2 Å². The average Bonchev–Trinajstić information content (AvgIpc) is 2.38. The van der Waals surface area contributed by atoms with E-state index in [1.54, 1.807) is 0 Å². The molecule has 0 unspecified atom stereocenters. The number of aliphatic carboxylic acids is 1. The number of hydrogen-bond donors (Lipinski definition) is 2. The molecule has 7 heteroatoms. The minimum absolute atomic E-state index is 0.0295. The predicted molar refractivity (Wildman–Crippen MR) is 63.0 cm³/mol. The van der Waals surface area contributed by atoms with E-state index in [0.717, 1.165) is 18.5 Å². The van der Waals surface area contributed by atoms with Crippen LogP contribution in [-0.4, -0.2) is 27.3 Å². The molecule has 20 heavy (non-hydrogen) atoms. The Kier molecular flexibility index (Phi) is 3.73. The smallest absolute Gasteiger partial charge is 0.416 e. The van der Waals surface area contributed by atoms with Crippen LogP contribution >= 0.6 is 0 Å². The van der Waals surface area contributed by atoms with Gasteiger partial charge in [0.15, 0.2) is 0 Å². The molecule has 0 aromatic carbocycles. The van der Waals surface area contributed by atoms with Gasteiger partial charge in [0.05, 0.1) is 17.1 Å². The molecule has 2 rings (SSSR count).